The van der Waals surface area contributed by atoms with Crippen molar-refractivity contribution in [3.63, 3.8) is 0 Å². The molecule has 2 N–H and O–H groups in total. The number of rotatable bonds is 5. The first-order valence-electron chi connectivity index (χ1n) is 7.13. The van der Waals surface area contributed by atoms with E-state index in [9.17, 15) is 14.4 Å². The van der Waals surface area contributed by atoms with E-state index in [-0.39, 0.29) is 25.9 Å². The summed E-state index contributed by atoms with van der Waals surface area (Å²) in [5.41, 5.74) is 0.830. The van der Waals surface area contributed by atoms with Crippen LogP contribution in [0.15, 0.2) is 30.3 Å². The lowest BCUT2D eigenvalue weighted by Crippen LogP contribution is -2.35. The molecule has 1 saturated carbocycles. The molecule has 0 radical (unpaired) electrons. The molecule has 0 amide bonds. The maximum atomic E-state index is 12.1. The van der Waals surface area contributed by atoms with Gasteiger partial charge in [-0.2, -0.15) is 0 Å². The maximum Gasteiger partial charge on any atom is 0.309 e. The lowest BCUT2D eigenvalue weighted by molar-refractivity contribution is -0.157. The van der Waals surface area contributed by atoms with Crippen LogP contribution >= 0.6 is 0 Å². The molecule has 1 aromatic carbocycles. The predicted molar refractivity (Wildman–Crippen MR) is 75.8 cm³/mol. The van der Waals surface area contributed by atoms with Crippen LogP contribution in [-0.2, 0) is 25.7 Å². The van der Waals surface area contributed by atoms with Crippen molar-refractivity contribution in [2.24, 2.45) is 17.8 Å². The SMILES string of the molecule is O=C(O)C1C[C@@H](C(=O)O)C[C@@H](C(=O)OCc2ccccc2)C1. The topological polar surface area (TPSA) is 101 Å². The number of carboxylic acid groups (broad SMARTS) is 2. The zero-order chi connectivity index (χ0) is 16.1. The monoisotopic (exact) mass is 306 g/mol. The van der Waals surface area contributed by atoms with E-state index in [4.69, 9.17) is 14.9 Å². The fourth-order valence-electron chi connectivity index (χ4n) is 2.76. The molecule has 2 rings (SSSR count). The Morgan fingerprint density at radius 2 is 1.41 bits per heavy atom. The molecule has 0 heterocycles. The smallest absolute Gasteiger partial charge is 0.309 e. The van der Waals surface area contributed by atoms with E-state index in [1.807, 2.05) is 30.3 Å². The minimum absolute atomic E-state index is 0.0626. The third-order valence-electron chi connectivity index (χ3n) is 3.96. The molecule has 3 atom stereocenters. The average Bonchev–Trinajstić information content (AvgIpc) is 2.53. The van der Waals surface area contributed by atoms with Crippen LogP contribution in [0.4, 0.5) is 0 Å². The molecule has 0 spiro atoms. The lowest BCUT2D eigenvalue weighted by Gasteiger charge is -2.29. The van der Waals surface area contributed by atoms with Crippen LogP contribution in [0, 0.1) is 17.8 Å². The van der Waals surface area contributed by atoms with Gasteiger partial charge in [0.2, 0.25) is 0 Å². The molecule has 0 aliphatic heterocycles. The van der Waals surface area contributed by atoms with Crippen LogP contribution in [0.25, 0.3) is 0 Å². The second kappa shape index (κ2) is 7.06. The van der Waals surface area contributed by atoms with Crippen LogP contribution in [0.1, 0.15) is 24.8 Å². The third kappa shape index (κ3) is 4.07. The number of ether oxygens (including phenoxy) is 1. The number of carbonyl (C=O) groups is 3. The normalized spacial score (nSPS) is 24.5. The van der Waals surface area contributed by atoms with Gasteiger partial charge in [-0.25, -0.2) is 0 Å². The van der Waals surface area contributed by atoms with Gasteiger partial charge in [-0.15, -0.1) is 0 Å². The van der Waals surface area contributed by atoms with Crippen LogP contribution in [0.3, 0.4) is 0 Å². The van der Waals surface area contributed by atoms with E-state index < -0.39 is 35.7 Å². The minimum atomic E-state index is -1.06. The summed E-state index contributed by atoms with van der Waals surface area (Å²) in [5.74, 6) is -4.97. The average molecular weight is 306 g/mol. The Morgan fingerprint density at radius 1 is 0.909 bits per heavy atom. The van der Waals surface area contributed by atoms with E-state index in [0.29, 0.717) is 0 Å². The molecule has 6 nitrogen and oxygen atoms in total. The summed E-state index contributed by atoms with van der Waals surface area (Å²) in [6.45, 7) is 0.103. The fraction of sp³-hybridized carbons (Fsp3) is 0.438. The zero-order valence-electron chi connectivity index (χ0n) is 12.0. The summed E-state index contributed by atoms with van der Waals surface area (Å²) >= 11 is 0. The van der Waals surface area contributed by atoms with Crippen LogP contribution in [-0.4, -0.2) is 28.1 Å². The van der Waals surface area contributed by atoms with Crippen molar-refractivity contribution in [1.82, 2.24) is 0 Å². The van der Waals surface area contributed by atoms with E-state index >= 15 is 0 Å². The summed E-state index contributed by atoms with van der Waals surface area (Å²) in [6.07, 6.45) is 0.326. The first-order chi connectivity index (χ1) is 10.5. The Bertz CT molecular complexity index is 531. The van der Waals surface area contributed by atoms with Crippen molar-refractivity contribution in [2.45, 2.75) is 25.9 Å². The van der Waals surface area contributed by atoms with Crippen molar-refractivity contribution in [3.8, 4) is 0 Å². The molecule has 1 aromatic rings. The number of carbonyl (C=O) groups excluding carboxylic acids is 1. The molecule has 6 heteroatoms. The Morgan fingerprint density at radius 3 is 1.91 bits per heavy atom. The number of aliphatic carboxylic acids is 2. The first kappa shape index (κ1) is 16.0. The van der Waals surface area contributed by atoms with Crippen molar-refractivity contribution in [1.29, 1.82) is 0 Å². The minimum Gasteiger partial charge on any atom is -0.481 e. The molecule has 1 fully saturated rings. The van der Waals surface area contributed by atoms with Crippen molar-refractivity contribution in [2.75, 3.05) is 0 Å². The summed E-state index contributed by atoms with van der Waals surface area (Å²) in [6, 6.07) is 9.12. The summed E-state index contributed by atoms with van der Waals surface area (Å²) in [5, 5.41) is 18.2. The van der Waals surface area contributed by atoms with Gasteiger partial charge < -0.3 is 14.9 Å². The van der Waals surface area contributed by atoms with Crippen LogP contribution < -0.4 is 0 Å². The number of benzene rings is 1. The van der Waals surface area contributed by atoms with Gasteiger partial charge in [-0.1, -0.05) is 30.3 Å². The van der Waals surface area contributed by atoms with Gasteiger partial charge in [0.15, 0.2) is 0 Å². The Hall–Kier alpha value is -2.37. The summed E-state index contributed by atoms with van der Waals surface area (Å²) in [7, 11) is 0. The second-order valence-corrected chi connectivity index (χ2v) is 5.57. The van der Waals surface area contributed by atoms with Gasteiger partial charge in [-0.3, -0.25) is 14.4 Å². The van der Waals surface area contributed by atoms with Gasteiger partial charge in [0, 0.05) is 0 Å². The molecule has 1 unspecified atom stereocenters. The van der Waals surface area contributed by atoms with Crippen LogP contribution in [0.2, 0.25) is 0 Å². The maximum absolute atomic E-state index is 12.1. The second-order valence-electron chi connectivity index (χ2n) is 5.57. The zero-order valence-corrected chi connectivity index (χ0v) is 12.0. The number of carboxylic acids is 2. The van der Waals surface area contributed by atoms with E-state index in [2.05, 4.69) is 0 Å². The molecule has 0 aromatic heterocycles. The van der Waals surface area contributed by atoms with Gasteiger partial charge >= 0.3 is 17.9 Å². The molecule has 1 aliphatic carbocycles. The van der Waals surface area contributed by atoms with E-state index in [0.717, 1.165) is 5.56 Å². The largest absolute Gasteiger partial charge is 0.481 e. The Labute approximate surface area is 127 Å². The van der Waals surface area contributed by atoms with Gasteiger partial charge in [0.1, 0.15) is 6.61 Å². The number of hydrogen-bond donors (Lipinski definition) is 2. The highest BCUT2D eigenvalue weighted by Crippen LogP contribution is 2.34. The van der Waals surface area contributed by atoms with Gasteiger partial charge in [0.05, 0.1) is 17.8 Å². The molecular weight excluding hydrogens is 288 g/mol. The molecule has 0 bridgehead atoms. The Balaban J connectivity index is 1.98. The van der Waals surface area contributed by atoms with Crippen molar-refractivity contribution >= 4 is 17.9 Å². The predicted octanol–water partition coefficient (Wildman–Crippen LogP) is 1.93. The standard InChI is InChI=1S/C16H18O6/c17-14(18)11-6-12(15(19)20)8-13(7-11)16(21)22-9-10-4-2-1-3-5-10/h1-5,11-13H,6-9H2,(H,17,18)(H,19,20)/t11-,12?,13-/m1/s1. The number of hydrogen-bond acceptors (Lipinski definition) is 4. The highest BCUT2D eigenvalue weighted by Gasteiger charge is 2.39. The summed E-state index contributed by atoms with van der Waals surface area (Å²) < 4.78 is 5.20. The molecule has 22 heavy (non-hydrogen) atoms. The Kier molecular flexibility index (Phi) is 5.14. The van der Waals surface area contributed by atoms with E-state index in [1.165, 1.54) is 0 Å². The van der Waals surface area contributed by atoms with Gasteiger partial charge in [0.25, 0.3) is 0 Å². The fourth-order valence-corrected chi connectivity index (χ4v) is 2.76. The molecule has 1 aliphatic rings. The third-order valence-corrected chi connectivity index (χ3v) is 3.96. The number of esters is 1. The van der Waals surface area contributed by atoms with Crippen molar-refractivity contribution < 1.29 is 29.3 Å². The lowest BCUT2D eigenvalue weighted by atomic mass is 9.75. The van der Waals surface area contributed by atoms with E-state index in [1.54, 1.807) is 0 Å². The molecule has 0 saturated heterocycles. The molecule has 118 valence electrons. The molecular formula is C16H18O6. The van der Waals surface area contributed by atoms with Gasteiger partial charge in [-0.05, 0) is 24.8 Å². The van der Waals surface area contributed by atoms with Crippen LogP contribution in [0.5, 0.6) is 0 Å². The quantitative estimate of drug-likeness (QED) is 0.806. The highest BCUT2D eigenvalue weighted by atomic mass is 16.5. The summed E-state index contributed by atoms with van der Waals surface area (Å²) in [4.78, 5) is 34.3. The highest BCUT2D eigenvalue weighted by molar-refractivity contribution is 5.79. The first-order valence-corrected chi connectivity index (χ1v) is 7.13. The van der Waals surface area contributed by atoms with Crippen molar-refractivity contribution in [3.05, 3.63) is 35.9 Å².